The Bertz CT molecular complexity index is 507. The lowest BCUT2D eigenvalue weighted by atomic mass is 10.3. The molecule has 0 heterocycles. The van der Waals surface area contributed by atoms with Crippen molar-refractivity contribution in [1.82, 2.24) is 0 Å². The molecule has 0 amide bonds. The molecule has 1 aromatic rings. The predicted molar refractivity (Wildman–Crippen MR) is 63.3 cm³/mol. The molecule has 4 nitrogen and oxygen atoms in total. The van der Waals surface area contributed by atoms with Gasteiger partial charge in [-0.1, -0.05) is 0 Å². The number of hydrogen-bond donors (Lipinski definition) is 1. The van der Waals surface area contributed by atoms with Crippen LogP contribution < -0.4 is 4.72 Å². The Hall–Kier alpha value is -0.730. The van der Waals surface area contributed by atoms with Gasteiger partial charge in [-0.2, -0.15) is 0 Å². The van der Waals surface area contributed by atoms with E-state index in [-0.39, 0.29) is 16.8 Å². The van der Waals surface area contributed by atoms with Gasteiger partial charge in [0.15, 0.2) is 0 Å². The molecule has 0 saturated heterocycles. The molecule has 0 bridgehead atoms. The Morgan fingerprint density at radius 3 is 2.59 bits per heavy atom. The van der Waals surface area contributed by atoms with E-state index in [1.54, 1.807) is 0 Å². The Kier molecular flexibility index (Phi) is 4.84. The van der Waals surface area contributed by atoms with E-state index >= 15 is 0 Å². The summed E-state index contributed by atoms with van der Waals surface area (Å²) in [5.74, 6) is -1.95. The molecular weight excluding hydrogens is 320 g/mol. The lowest BCUT2D eigenvalue weighted by Crippen LogP contribution is -2.20. The van der Waals surface area contributed by atoms with E-state index in [0.717, 1.165) is 12.1 Å². The molecule has 1 N–H and O–H groups in total. The summed E-state index contributed by atoms with van der Waals surface area (Å²) >= 11 is 2.79. The smallest absolute Gasteiger partial charge is 0.235 e. The Labute approximate surface area is 106 Å². The average molecular weight is 330 g/mol. The van der Waals surface area contributed by atoms with E-state index in [1.807, 2.05) is 4.72 Å². The van der Waals surface area contributed by atoms with Gasteiger partial charge in [0.25, 0.3) is 0 Å². The highest BCUT2D eigenvalue weighted by molar-refractivity contribution is 9.10. The normalized spacial score (nSPS) is 11.5. The van der Waals surface area contributed by atoms with E-state index in [0.29, 0.717) is 0 Å². The third-order valence-electron chi connectivity index (χ3n) is 1.83. The molecule has 0 spiro atoms. The van der Waals surface area contributed by atoms with Crippen LogP contribution in [0.1, 0.15) is 0 Å². The van der Waals surface area contributed by atoms with Gasteiger partial charge >= 0.3 is 0 Å². The zero-order valence-corrected chi connectivity index (χ0v) is 11.2. The van der Waals surface area contributed by atoms with Crippen LogP contribution in [0, 0.1) is 11.6 Å². The van der Waals surface area contributed by atoms with Gasteiger partial charge < -0.3 is 4.74 Å². The van der Waals surface area contributed by atoms with Crippen molar-refractivity contribution < 1.29 is 21.9 Å². The Balaban J connectivity index is 2.92. The van der Waals surface area contributed by atoms with E-state index in [2.05, 4.69) is 20.7 Å². The van der Waals surface area contributed by atoms with Crippen molar-refractivity contribution in [2.75, 3.05) is 24.2 Å². The summed E-state index contributed by atoms with van der Waals surface area (Å²) in [7, 11) is -2.40. The molecule has 0 saturated carbocycles. The fourth-order valence-corrected chi connectivity index (χ4v) is 2.31. The van der Waals surface area contributed by atoms with E-state index in [4.69, 9.17) is 0 Å². The molecule has 0 aliphatic carbocycles. The number of rotatable bonds is 5. The number of ether oxygens (including phenoxy) is 1. The standard InChI is InChI=1S/C9H10BrF2NO3S/c1-16-2-3-17(14,15)13-9-5-7(11)6(10)4-8(9)12/h4-5,13H,2-3H2,1H3. The topological polar surface area (TPSA) is 55.4 Å². The second-order valence-electron chi connectivity index (χ2n) is 3.16. The highest BCUT2D eigenvalue weighted by atomic mass is 79.9. The summed E-state index contributed by atoms with van der Waals surface area (Å²) in [6, 6.07) is 1.62. The van der Waals surface area contributed by atoms with E-state index in [9.17, 15) is 17.2 Å². The van der Waals surface area contributed by atoms with Gasteiger partial charge in [0, 0.05) is 13.2 Å². The maximum absolute atomic E-state index is 13.3. The first-order valence-corrected chi connectivity index (χ1v) is 6.94. The quantitative estimate of drug-likeness (QED) is 0.842. The molecule has 0 atom stereocenters. The van der Waals surface area contributed by atoms with Crippen molar-refractivity contribution in [1.29, 1.82) is 0 Å². The first-order chi connectivity index (χ1) is 7.85. The summed E-state index contributed by atoms with van der Waals surface area (Å²) in [6.07, 6.45) is 0. The van der Waals surface area contributed by atoms with Gasteiger partial charge in [0.2, 0.25) is 10.0 Å². The first-order valence-electron chi connectivity index (χ1n) is 4.49. The van der Waals surface area contributed by atoms with Crippen LogP contribution in [0.15, 0.2) is 16.6 Å². The number of sulfonamides is 1. The molecule has 0 fully saturated rings. The van der Waals surface area contributed by atoms with Crippen molar-refractivity contribution >= 4 is 31.6 Å². The summed E-state index contributed by atoms with van der Waals surface area (Å²) in [5, 5.41) is 0. The predicted octanol–water partition coefficient (Wildman–Crippen LogP) is 2.12. The molecule has 1 rings (SSSR count). The van der Waals surface area contributed by atoms with Crippen LogP contribution in [0.5, 0.6) is 0 Å². The Morgan fingerprint density at radius 2 is 2.00 bits per heavy atom. The fraction of sp³-hybridized carbons (Fsp3) is 0.333. The number of methoxy groups -OCH3 is 1. The molecule has 96 valence electrons. The van der Waals surface area contributed by atoms with Gasteiger partial charge in [0.1, 0.15) is 11.6 Å². The number of benzene rings is 1. The average Bonchev–Trinajstić information content (AvgIpc) is 2.23. The van der Waals surface area contributed by atoms with Crippen molar-refractivity contribution in [3.8, 4) is 0 Å². The lowest BCUT2D eigenvalue weighted by Gasteiger charge is -2.09. The van der Waals surface area contributed by atoms with Gasteiger partial charge in [0.05, 0.1) is 22.5 Å². The summed E-state index contributed by atoms with van der Waals surface area (Å²) < 4.78 is 55.7. The lowest BCUT2D eigenvalue weighted by molar-refractivity contribution is 0.217. The van der Waals surface area contributed by atoms with Gasteiger partial charge in [-0.15, -0.1) is 0 Å². The third kappa shape index (κ3) is 4.21. The molecule has 17 heavy (non-hydrogen) atoms. The molecule has 0 aromatic heterocycles. The van der Waals surface area contributed by atoms with Crippen LogP contribution in [-0.2, 0) is 14.8 Å². The number of anilines is 1. The van der Waals surface area contributed by atoms with Gasteiger partial charge in [-0.05, 0) is 22.0 Å². The van der Waals surface area contributed by atoms with Crippen molar-refractivity contribution in [2.24, 2.45) is 0 Å². The van der Waals surface area contributed by atoms with Crippen molar-refractivity contribution in [3.63, 3.8) is 0 Å². The first kappa shape index (κ1) is 14.3. The molecule has 0 radical (unpaired) electrons. The van der Waals surface area contributed by atoms with Crippen LogP contribution in [0.4, 0.5) is 14.5 Å². The van der Waals surface area contributed by atoms with Crippen LogP contribution in [0.25, 0.3) is 0 Å². The zero-order valence-electron chi connectivity index (χ0n) is 8.84. The van der Waals surface area contributed by atoms with Crippen LogP contribution in [0.3, 0.4) is 0 Å². The molecule has 0 aliphatic heterocycles. The van der Waals surface area contributed by atoms with E-state index < -0.39 is 27.3 Å². The van der Waals surface area contributed by atoms with Crippen LogP contribution in [0.2, 0.25) is 0 Å². The van der Waals surface area contributed by atoms with Crippen molar-refractivity contribution in [3.05, 3.63) is 28.2 Å². The van der Waals surface area contributed by atoms with E-state index in [1.165, 1.54) is 7.11 Å². The Morgan fingerprint density at radius 1 is 1.35 bits per heavy atom. The minimum Gasteiger partial charge on any atom is -0.384 e. The third-order valence-corrected chi connectivity index (χ3v) is 3.67. The highest BCUT2D eigenvalue weighted by Crippen LogP contribution is 2.24. The van der Waals surface area contributed by atoms with Gasteiger partial charge in [-0.3, -0.25) is 4.72 Å². The molecular formula is C9H10BrF2NO3S. The van der Waals surface area contributed by atoms with Crippen LogP contribution in [-0.4, -0.2) is 27.9 Å². The maximum atomic E-state index is 13.3. The number of nitrogens with one attached hydrogen (secondary N) is 1. The molecule has 0 aliphatic rings. The summed E-state index contributed by atoms with van der Waals surface area (Å²) in [5.41, 5.74) is -0.429. The second-order valence-corrected chi connectivity index (χ2v) is 5.86. The zero-order chi connectivity index (χ0) is 13.1. The summed E-state index contributed by atoms with van der Waals surface area (Å²) in [4.78, 5) is 0. The second kappa shape index (κ2) is 5.74. The minimum absolute atomic E-state index is 0.0318. The molecule has 0 unspecified atom stereocenters. The van der Waals surface area contributed by atoms with Crippen molar-refractivity contribution in [2.45, 2.75) is 0 Å². The van der Waals surface area contributed by atoms with Gasteiger partial charge in [-0.25, -0.2) is 17.2 Å². The maximum Gasteiger partial charge on any atom is 0.235 e. The van der Waals surface area contributed by atoms with Crippen LogP contribution >= 0.6 is 15.9 Å². The molecule has 8 heteroatoms. The number of hydrogen-bond acceptors (Lipinski definition) is 3. The monoisotopic (exact) mass is 329 g/mol. The highest BCUT2D eigenvalue weighted by Gasteiger charge is 2.15. The molecule has 1 aromatic carbocycles. The SMILES string of the molecule is COCCS(=O)(=O)Nc1cc(F)c(Br)cc1F. The fourth-order valence-electron chi connectivity index (χ4n) is 1.01. The summed E-state index contributed by atoms with van der Waals surface area (Å²) in [6.45, 7) is -0.0318. The number of halogens is 3. The largest absolute Gasteiger partial charge is 0.384 e. The minimum atomic E-state index is -3.75.